The molecule has 0 saturated carbocycles. The van der Waals surface area contributed by atoms with Gasteiger partial charge in [0, 0.05) is 0 Å². The van der Waals surface area contributed by atoms with Crippen LogP contribution in [0.5, 0.6) is 5.75 Å². The first kappa shape index (κ1) is 21.0. The maximum Gasteiger partial charge on any atom is 0.276 e. The number of ether oxygens (including phenoxy) is 1. The number of carbonyl (C=O) groups excluding carboxylic acids is 1. The quantitative estimate of drug-likeness (QED) is 0.505. The van der Waals surface area contributed by atoms with Gasteiger partial charge in [0.2, 0.25) is 0 Å². The predicted octanol–water partition coefficient (Wildman–Crippen LogP) is 3.90. The lowest BCUT2D eigenvalue weighted by Gasteiger charge is -2.20. The van der Waals surface area contributed by atoms with E-state index in [4.69, 9.17) is 4.74 Å². The van der Waals surface area contributed by atoms with Crippen molar-refractivity contribution in [1.29, 1.82) is 0 Å². The third-order valence-corrected chi connectivity index (χ3v) is 4.94. The summed E-state index contributed by atoms with van der Waals surface area (Å²) in [5, 5.41) is 7.22. The smallest absolute Gasteiger partial charge is 0.276 e. The fourth-order valence-corrected chi connectivity index (χ4v) is 3.37. The fourth-order valence-electron chi connectivity index (χ4n) is 3.37. The van der Waals surface area contributed by atoms with Crippen molar-refractivity contribution in [1.82, 2.24) is 15.1 Å². The molecular weight excluding hydrogens is 409 g/mol. The highest BCUT2D eigenvalue weighted by atomic mass is 19.1. The van der Waals surface area contributed by atoms with Gasteiger partial charge in [0.05, 0.1) is 24.9 Å². The Bertz CT molecular complexity index is 1230. The third-order valence-electron chi connectivity index (χ3n) is 4.94. The van der Waals surface area contributed by atoms with E-state index in [9.17, 15) is 14.0 Å². The van der Waals surface area contributed by atoms with Crippen molar-refractivity contribution < 1.29 is 13.9 Å². The second kappa shape index (κ2) is 9.26. The number of aromatic nitrogens is 2. The van der Waals surface area contributed by atoms with Gasteiger partial charge in [-0.05, 0) is 35.4 Å². The maximum absolute atomic E-state index is 13.3. The average molecular weight is 429 g/mol. The van der Waals surface area contributed by atoms with Crippen LogP contribution in [0.25, 0.3) is 5.69 Å². The fraction of sp³-hybridized carbons (Fsp3) is 0.0800. The Morgan fingerprint density at radius 2 is 1.50 bits per heavy atom. The molecule has 1 amide bonds. The van der Waals surface area contributed by atoms with E-state index >= 15 is 0 Å². The first-order valence-corrected chi connectivity index (χ1v) is 9.92. The average Bonchev–Trinajstić information content (AvgIpc) is 2.84. The second-order valence-electron chi connectivity index (χ2n) is 7.02. The van der Waals surface area contributed by atoms with Crippen LogP contribution in [0.15, 0.2) is 95.8 Å². The molecule has 4 rings (SSSR count). The first-order valence-electron chi connectivity index (χ1n) is 9.92. The second-order valence-corrected chi connectivity index (χ2v) is 7.02. The summed E-state index contributed by atoms with van der Waals surface area (Å²) < 4.78 is 19.6. The minimum Gasteiger partial charge on any atom is -0.494 e. The summed E-state index contributed by atoms with van der Waals surface area (Å²) in [6.07, 6.45) is 0. The number of hydrogen-bond acceptors (Lipinski definition) is 4. The van der Waals surface area contributed by atoms with Gasteiger partial charge in [0.15, 0.2) is 11.4 Å². The van der Waals surface area contributed by atoms with Crippen molar-refractivity contribution in [3.05, 3.63) is 124 Å². The normalized spacial score (nSPS) is 10.7. The molecule has 0 saturated heterocycles. The van der Waals surface area contributed by atoms with E-state index < -0.39 is 23.3 Å². The number of nitrogens with one attached hydrogen (secondary N) is 1. The minimum absolute atomic E-state index is 0.0470. The van der Waals surface area contributed by atoms with Gasteiger partial charge >= 0.3 is 0 Å². The van der Waals surface area contributed by atoms with Gasteiger partial charge in [0.25, 0.3) is 11.5 Å². The predicted molar refractivity (Wildman–Crippen MR) is 119 cm³/mol. The molecule has 0 bridgehead atoms. The molecule has 0 radical (unpaired) electrons. The van der Waals surface area contributed by atoms with Crippen molar-refractivity contribution in [3.63, 3.8) is 0 Å². The van der Waals surface area contributed by atoms with Gasteiger partial charge < -0.3 is 10.1 Å². The van der Waals surface area contributed by atoms with Crippen LogP contribution in [-0.2, 0) is 0 Å². The number of rotatable bonds is 6. The molecule has 1 N–H and O–H groups in total. The zero-order valence-corrected chi connectivity index (χ0v) is 17.2. The van der Waals surface area contributed by atoms with E-state index in [-0.39, 0.29) is 11.4 Å². The van der Waals surface area contributed by atoms with Gasteiger partial charge in [-0.2, -0.15) is 9.78 Å². The van der Waals surface area contributed by atoms with Crippen LogP contribution in [0.3, 0.4) is 0 Å². The Labute approximate surface area is 183 Å². The summed E-state index contributed by atoms with van der Waals surface area (Å²) in [7, 11) is 1.36. The van der Waals surface area contributed by atoms with Crippen LogP contribution in [0.2, 0.25) is 0 Å². The van der Waals surface area contributed by atoms with Gasteiger partial charge in [-0.3, -0.25) is 9.59 Å². The van der Waals surface area contributed by atoms with E-state index in [1.54, 1.807) is 0 Å². The van der Waals surface area contributed by atoms with Gasteiger partial charge in [-0.15, -0.1) is 0 Å². The summed E-state index contributed by atoms with van der Waals surface area (Å²) in [6, 6.07) is 25.0. The van der Waals surface area contributed by atoms with E-state index in [1.807, 2.05) is 60.7 Å². The Balaban J connectivity index is 1.75. The monoisotopic (exact) mass is 429 g/mol. The van der Waals surface area contributed by atoms with E-state index in [0.717, 1.165) is 15.8 Å². The van der Waals surface area contributed by atoms with Crippen molar-refractivity contribution >= 4 is 5.91 Å². The number of amides is 1. The number of hydrogen-bond donors (Lipinski definition) is 1. The Morgan fingerprint density at radius 3 is 2.03 bits per heavy atom. The lowest BCUT2D eigenvalue weighted by Crippen LogP contribution is -2.33. The van der Waals surface area contributed by atoms with Crippen molar-refractivity contribution in [2.24, 2.45) is 0 Å². The molecule has 160 valence electrons. The molecule has 6 nitrogen and oxygen atoms in total. The van der Waals surface area contributed by atoms with E-state index in [2.05, 4.69) is 10.4 Å². The number of benzene rings is 3. The van der Waals surface area contributed by atoms with E-state index in [1.165, 1.54) is 37.4 Å². The van der Waals surface area contributed by atoms with Crippen LogP contribution in [0, 0.1) is 5.82 Å². The number of nitrogens with zero attached hydrogens (tertiary/aromatic N) is 2. The molecule has 7 heteroatoms. The van der Waals surface area contributed by atoms with Gasteiger partial charge in [0.1, 0.15) is 5.82 Å². The Hall–Kier alpha value is -4.26. The van der Waals surface area contributed by atoms with E-state index in [0.29, 0.717) is 5.69 Å². The molecule has 0 spiro atoms. The summed E-state index contributed by atoms with van der Waals surface area (Å²) in [4.78, 5) is 25.8. The highest BCUT2D eigenvalue weighted by molar-refractivity contribution is 5.95. The number of halogens is 1. The molecule has 1 aromatic heterocycles. The minimum atomic E-state index is -0.518. The van der Waals surface area contributed by atoms with Crippen LogP contribution >= 0.6 is 0 Å². The number of carbonyl (C=O) groups is 1. The Kier molecular flexibility index (Phi) is 6.07. The standard InChI is InChI=1S/C25H20FN3O3/c1-32-21-16-22(30)29(20-14-12-19(26)13-15-20)28-24(21)25(31)27-23(17-8-4-2-5-9-17)18-10-6-3-7-11-18/h2-16,23H,1H3,(H,27,31). The molecule has 1 heterocycles. The molecular formula is C25H20FN3O3. The maximum atomic E-state index is 13.3. The molecule has 0 fully saturated rings. The Morgan fingerprint density at radius 1 is 0.938 bits per heavy atom. The highest BCUT2D eigenvalue weighted by Crippen LogP contribution is 2.23. The lowest BCUT2D eigenvalue weighted by atomic mass is 9.98. The van der Waals surface area contributed by atoms with Crippen LogP contribution < -0.4 is 15.6 Å². The zero-order chi connectivity index (χ0) is 22.5. The molecule has 0 aliphatic rings. The largest absolute Gasteiger partial charge is 0.494 e. The van der Waals surface area contributed by atoms with Gasteiger partial charge in [-0.25, -0.2) is 4.39 Å². The molecule has 32 heavy (non-hydrogen) atoms. The lowest BCUT2D eigenvalue weighted by molar-refractivity contribution is 0.0932. The first-order chi connectivity index (χ1) is 15.6. The van der Waals surface area contributed by atoms with Crippen LogP contribution in [0.1, 0.15) is 27.7 Å². The number of methoxy groups -OCH3 is 1. The molecule has 3 aromatic carbocycles. The molecule has 4 aromatic rings. The summed E-state index contributed by atoms with van der Waals surface area (Å²) in [5.74, 6) is -0.914. The summed E-state index contributed by atoms with van der Waals surface area (Å²) in [5.41, 5.74) is 1.53. The summed E-state index contributed by atoms with van der Waals surface area (Å²) >= 11 is 0. The van der Waals surface area contributed by atoms with Crippen LogP contribution in [-0.4, -0.2) is 22.8 Å². The zero-order valence-electron chi connectivity index (χ0n) is 17.2. The topological polar surface area (TPSA) is 73.2 Å². The van der Waals surface area contributed by atoms with Crippen molar-refractivity contribution in [2.75, 3.05) is 7.11 Å². The SMILES string of the molecule is COc1cc(=O)n(-c2ccc(F)cc2)nc1C(=O)NC(c1ccccc1)c1ccccc1. The van der Waals surface area contributed by atoms with Crippen molar-refractivity contribution in [2.45, 2.75) is 6.04 Å². The molecule has 0 unspecified atom stereocenters. The molecule has 0 aliphatic heterocycles. The van der Waals surface area contributed by atoms with Gasteiger partial charge in [-0.1, -0.05) is 60.7 Å². The van der Waals surface area contributed by atoms with Crippen LogP contribution in [0.4, 0.5) is 4.39 Å². The summed E-state index contributed by atoms with van der Waals surface area (Å²) in [6.45, 7) is 0. The highest BCUT2D eigenvalue weighted by Gasteiger charge is 2.23. The third kappa shape index (κ3) is 4.41. The van der Waals surface area contributed by atoms with Crippen molar-refractivity contribution in [3.8, 4) is 11.4 Å². The molecule has 0 atom stereocenters. The molecule has 0 aliphatic carbocycles.